The van der Waals surface area contributed by atoms with Crippen LogP contribution in [-0.4, -0.2) is 24.2 Å². The Kier molecular flexibility index (Phi) is 4.21. The van der Waals surface area contributed by atoms with Crippen LogP contribution in [-0.2, 0) is 0 Å². The van der Waals surface area contributed by atoms with Crippen molar-refractivity contribution < 1.29 is 9.47 Å². The van der Waals surface area contributed by atoms with Gasteiger partial charge in [0, 0.05) is 5.92 Å². The molecule has 2 aromatic rings. The highest BCUT2D eigenvalue weighted by Crippen LogP contribution is 2.43. The number of hydrogen-bond donors (Lipinski definition) is 0. The Balaban J connectivity index is 2.15. The summed E-state index contributed by atoms with van der Waals surface area (Å²) in [4.78, 5) is 9.12. The molecule has 4 nitrogen and oxygen atoms in total. The molecule has 6 heteroatoms. The van der Waals surface area contributed by atoms with E-state index in [1.807, 2.05) is 18.2 Å². The number of halogens is 2. The van der Waals surface area contributed by atoms with Crippen molar-refractivity contribution in [1.82, 2.24) is 9.97 Å². The highest BCUT2D eigenvalue weighted by atomic mass is 127. The Morgan fingerprint density at radius 3 is 2.57 bits per heavy atom. The molecule has 1 fully saturated rings. The van der Waals surface area contributed by atoms with Crippen molar-refractivity contribution >= 4 is 34.2 Å². The predicted molar refractivity (Wildman–Crippen MR) is 90.3 cm³/mol. The SMILES string of the molecule is COc1ccc(OC)c(-c2nc(Cl)c(I)c(C3CC3)n2)c1. The molecule has 21 heavy (non-hydrogen) atoms. The summed E-state index contributed by atoms with van der Waals surface area (Å²) in [5, 5.41) is 0.493. The standard InChI is InChI=1S/C15H14ClIN2O2/c1-20-9-5-6-11(21-2)10(7-9)15-18-13(8-3-4-8)12(17)14(16)19-15/h5-8H,3-4H2,1-2H3. The largest absolute Gasteiger partial charge is 0.497 e. The molecule has 1 aliphatic carbocycles. The molecule has 0 unspecified atom stereocenters. The first kappa shape index (κ1) is 14.8. The summed E-state index contributed by atoms with van der Waals surface area (Å²) < 4.78 is 11.6. The molecule has 0 N–H and O–H groups in total. The Hall–Kier alpha value is -1.08. The maximum Gasteiger partial charge on any atom is 0.165 e. The second-order valence-electron chi connectivity index (χ2n) is 4.88. The first-order valence-electron chi connectivity index (χ1n) is 6.59. The maximum absolute atomic E-state index is 6.28. The van der Waals surface area contributed by atoms with E-state index in [2.05, 4.69) is 27.6 Å². The lowest BCUT2D eigenvalue weighted by Gasteiger charge is -2.12. The van der Waals surface area contributed by atoms with Gasteiger partial charge in [-0.05, 0) is 53.6 Å². The normalized spacial score (nSPS) is 14.1. The topological polar surface area (TPSA) is 44.2 Å². The summed E-state index contributed by atoms with van der Waals surface area (Å²) >= 11 is 8.49. The summed E-state index contributed by atoms with van der Waals surface area (Å²) in [5.74, 6) is 2.53. The van der Waals surface area contributed by atoms with E-state index < -0.39 is 0 Å². The van der Waals surface area contributed by atoms with E-state index in [1.54, 1.807) is 14.2 Å². The molecular formula is C15H14ClIN2O2. The lowest BCUT2D eigenvalue weighted by molar-refractivity contribution is 0.404. The molecule has 0 spiro atoms. The van der Waals surface area contributed by atoms with E-state index in [1.165, 1.54) is 0 Å². The van der Waals surface area contributed by atoms with E-state index in [0.29, 0.717) is 22.6 Å². The van der Waals surface area contributed by atoms with Crippen molar-refractivity contribution in [2.24, 2.45) is 0 Å². The quantitative estimate of drug-likeness (QED) is 0.551. The molecular weight excluding hydrogens is 403 g/mol. The van der Waals surface area contributed by atoms with Crippen LogP contribution in [0.4, 0.5) is 0 Å². The molecule has 0 bridgehead atoms. The lowest BCUT2D eigenvalue weighted by atomic mass is 10.1. The van der Waals surface area contributed by atoms with Crippen LogP contribution in [0.3, 0.4) is 0 Å². The molecule has 1 aromatic carbocycles. The van der Waals surface area contributed by atoms with E-state index in [0.717, 1.165) is 33.4 Å². The van der Waals surface area contributed by atoms with E-state index in [-0.39, 0.29) is 0 Å². The minimum atomic E-state index is 0.493. The summed E-state index contributed by atoms with van der Waals surface area (Å²) in [6.07, 6.45) is 2.33. The van der Waals surface area contributed by atoms with Gasteiger partial charge in [0.2, 0.25) is 0 Å². The van der Waals surface area contributed by atoms with E-state index in [4.69, 9.17) is 26.1 Å². The minimum absolute atomic E-state index is 0.493. The van der Waals surface area contributed by atoms with Gasteiger partial charge in [-0.3, -0.25) is 0 Å². The van der Waals surface area contributed by atoms with Crippen molar-refractivity contribution in [1.29, 1.82) is 0 Å². The monoisotopic (exact) mass is 416 g/mol. The molecule has 0 atom stereocenters. The molecule has 0 radical (unpaired) electrons. The van der Waals surface area contributed by atoms with Crippen molar-refractivity contribution in [3.63, 3.8) is 0 Å². The fourth-order valence-electron chi connectivity index (χ4n) is 2.17. The van der Waals surface area contributed by atoms with Crippen molar-refractivity contribution in [3.05, 3.63) is 32.6 Å². The summed E-state index contributed by atoms with van der Waals surface area (Å²) in [6.45, 7) is 0. The number of aromatic nitrogens is 2. The number of rotatable bonds is 4. The zero-order valence-electron chi connectivity index (χ0n) is 11.7. The fourth-order valence-corrected chi connectivity index (χ4v) is 3.03. The van der Waals surface area contributed by atoms with Gasteiger partial charge in [0.15, 0.2) is 5.82 Å². The first-order valence-corrected chi connectivity index (χ1v) is 8.05. The van der Waals surface area contributed by atoms with Gasteiger partial charge in [-0.1, -0.05) is 11.6 Å². The predicted octanol–water partition coefficient (Wildman–Crippen LogP) is 4.30. The zero-order valence-corrected chi connectivity index (χ0v) is 14.6. The molecule has 1 heterocycles. The van der Waals surface area contributed by atoms with Crippen LogP contribution in [0.15, 0.2) is 18.2 Å². The Bertz CT molecular complexity index is 690. The average Bonchev–Trinajstić information content (AvgIpc) is 3.33. The van der Waals surface area contributed by atoms with Gasteiger partial charge >= 0.3 is 0 Å². The second-order valence-corrected chi connectivity index (χ2v) is 6.31. The lowest BCUT2D eigenvalue weighted by Crippen LogP contribution is -2.01. The van der Waals surface area contributed by atoms with E-state index in [9.17, 15) is 0 Å². The Morgan fingerprint density at radius 1 is 1.19 bits per heavy atom. The van der Waals surface area contributed by atoms with Crippen molar-refractivity contribution in [2.45, 2.75) is 18.8 Å². The number of benzene rings is 1. The molecule has 1 saturated carbocycles. The van der Waals surface area contributed by atoms with Gasteiger partial charge in [0.25, 0.3) is 0 Å². The summed E-state index contributed by atoms with van der Waals surface area (Å²) in [6, 6.07) is 5.56. The molecule has 3 rings (SSSR count). The molecule has 1 aromatic heterocycles. The minimum Gasteiger partial charge on any atom is -0.497 e. The fraction of sp³-hybridized carbons (Fsp3) is 0.333. The molecule has 0 aliphatic heterocycles. The Labute approximate surface area is 142 Å². The number of nitrogens with zero attached hydrogens (tertiary/aromatic N) is 2. The molecule has 0 saturated heterocycles. The maximum atomic E-state index is 6.28. The third-order valence-corrected chi connectivity index (χ3v) is 5.10. The first-order chi connectivity index (χ1) is 10.1. The third-order valence-electron chi connectivity index (χ3n) is 3.45. The van der Waals surface area contributed by atoms with Crippen LogP contribution in [0.1, 0.15) is 24.5 Å². The van der Waals surface area contributed by atoms with Crippen LogP contribution in [0.5, 0.6) is 11.5 Å². The molecule has 0 amide bonds. The van der Waals surface area contributed by atoms with Crippen LogP contribution < -0.4 is 9.47 Å². The number of methoxy groups -OCH3 is 2. The van der Waals surface area contributed by atoms with Crippen molar-refractivity contribution in [2.75, 3.05) is 14.2 Å². The van der Waals surface area contributed by atoms with Crippen molar-refractivity contribution in [3.8, 4) is 22.9 Å². The van der Waals surface area contributed by atoms with Gasteiger partial charge in [-0.2, -0.15) is 0 Å². The zero-order chi connectivity index (χ0) is 15.0. The Morgan fingerprint density at radius 2 is 1.95 bits per heavy atom. The van der Waals surface area contributed by atoms with Gasteiger partial charge in [0.05, 0.1) is 29.0 Å². The van der Waals surface area contributed by atoms with Crippen LogP contribution in [0, 0.1) is 3.57 Å². The number of hydrogen-bond acceptors (Lipinski definition) is 4. The van der Waals surface area contributed by atoms with E-state index >= 15 is 0 Å². The highest BCUT2D eigenvalue weighted by molar-refractivity contribution is 14.1. The smallest absolute Gasteiger partial charge is 0.165 e. The molecule has 1 aliphatic rings. The average molecular weight is 417 g/mol. The number of ether oxygens (including phenoxy) is 2. The van der Waals surface area contributed by atoms with Gasteiger partial charge in [-0.15, -0.1) is 0 Å². The third kappa shape index (κ3) is 2.94. The highest BCUT2D eigenvalue weighted by Gasteiger charge is 2.29. The van der Waals surface area contributed by atoms with Gasteiger partial charge < -0.3 is 9.47 Å². The van der Waals surface area contributed by atoms with Crippen LogP contribution in [0.2, 0.25) is 5.15 Å². The van der Waals surface area contributed by atoms with Crippen LogP contribution >= 0.6 is 34.2 Å². The van der Waals surface area contributed by atoms with Crippen LogP contribution in [0.25, 0.3) is 11.4 Å². The second kappa shape index (κ2) is 5.96. The van der Waals surface area contributed by atoms with Gasteiger partial charge in [0.1, 0.15) is 16.7 Å². The molecule has 110 valence electrons. The summed E-state index contributed by atoms with van der Waals surface area (Å²) in [7, 11) is 3.25. The summed E-state index contributed by atoms with van der Waals surface area (Å²) in [5.41, 5.74) is 1.83. The van der Waals surface area contributed by atoms with Gasteiger partial charge in [-0.25, -0.2) is 9.97 Å².